The minimum atomic E-state index is -4.28. The van der Waals surface area contributed by atoms with Gasteiger partial charge in [0, 0.05) is 19.0 Å². The highest BCUT2D eigenvalue weighted by Crippen LogP contribution is 2.31. The van der Waals surface area contributed by atoms with Crippen molar-refractivity contribution in [1.82, 2.24) is 10.2 Å². The highest BCUT2D eigenvalue weighted by molar-refractivity contribution is 7.92. The summed E-state index contributed by atoms with van der Waals surface area (Å²) in [5, 5.41) is 3.85. The van der Waals surface area contributed by atoms with Crippen LogP contribution < -0.4 is 9.62 Å². The smallest absolute Gasteiger partial charge is 0.264 e. The van der Waals surface area contributed by atoms with Crippen molar-refractivity contribution in [3.05, 3.63) is 128 Å². The Bertz CT molecular complexity index is 1760. The van der Waals surface area contributed by atoms with Gasteiger partial charge in [0.25, 0.3) is 10.0 Å². The molecule has 4 aromatic rings. The van der Waals surface area contributed by atoms with Crippen molar-refractivity contribution in [2.45, 2.75) is 43.8 Å². The largest absolute Gasteiger partial charge is 0.352 e. The maximum atomic E-state index is 14.5. The normalized spacial score (nSPS) is 12.1. The first kappa shape index (κ1) is 34.6. The van der Waals surface area contributed by atoms with E-state index >= 15 is 0 Å². The highest BCUT2D eigenvalue weighted by atomic mass is 35.5. The third kappa shape index (κ3) is 8.93. The summed E-state index contributed by atoms with van der Waals surface area (Å²) in [7, 11) is -4.28. The van der Waals surface area contributed by atoms with Crippen molar-refractivity contribution in [3.63, 3.8) is 0 Å². The molecule has 0 fully saturated rings. The number of hydrogen-bond acceptors (Lipinski definition) is 4. The first-order valence-electron chi connectivity index (χ1n) is 14.0. The molecular formula is C33H31Cl4N3O4S. The average Bonchev–Trinajstić information content (AvgIpc) is 3.01. The van der Waals surface area contributed by atoms with Crippen LogP contribution in [0.1, 0.15) is 25.0 Å². The lowest BCUT2D eigenvalue weighted by molar-refractivity contribution is -0.140. The second-order valence-corrected chi connectivity index (χ2v) is 14.1. The minimum absolute atomic E-state index is 0.0294. The summed E-state index contributed by atoms with van der Waals surface area (Å²) < 4.78 is 29.0. The number of hydrogen-bond donors (Lipinski definition) is 1. The van der Waals surface area contributed by atoms with Gasteiger partial charge in [-0.3, -0.25) is 13.9 Å². The molecule has 7 nitrogen and oxygen atoms in total. The zero-order chi connectivity index (χ0) is 32.7. The highest BCUT2D eigenvalue weighted by Gasteiger charge is 2.35. The number of rotatable bonds is 12. The molecule has 0 aromatic heterocycles. The molecule has 45 heavy (non-hydrogen) atoms. The lowest BCUT2D eigenvalue weighted by Gasteiger charge is -2.34. The molecule has 0 bridgehead atoms. The van der Waals surface area contributed by atoms with Gasteiger partial charge in [0.2, 0.25) is 11.8 Å². The Morgan fingerprint density at radius 1 is 0.733 bits per heavy atom. The number of nitrogens with one attached hydrogen (secondary N) is 1. The SMILES string of the molecule is CC(C)NC(=O)C(Cc1ccccc1)N(Cc1ccc(Cl)c(Cl)c1)C(=O)CN(c1ccc(Cl)c(Cl)c1)S(=O)(=O)c1ccccc1. The summed E-state index contributed by atoms with van der Waals surface area (Å²) >= 11 is 24.9. The van der Waals surface area contributed by atoms with Crippen molar-refractivity contribution in [3.8, 4) is 0 Å². The van der Waals surface area contributed by atoms with Crippen molar-refractivity contribution < 1.29 is 18.0 Å². The Hall–Kier alpha value is -3.27. The number of carbonyl (C=O) groups excluding carboxylic acids is 2. The van der Waals surface area contributed by atoms with Gasteiger partial charge in [0.1, 0.15) is 12.6 Å². The van der Waals surface area contributed by atoms with Crippen LogP contribution in [0.25, 0.3) is 0 Å². The molecule has 1 atom stereocenters. The molecule has 0 spiro atoms. The van der Waals surface area contributed by atoms with Gasteiger partial charge >= 0.3 is 0 Å². The van der Waals surface area contributed by atoms with Crippen LogP contribution in [0.2, 0.25) is 20.1 Å². The van der Waals surface area contributed by atoms with E-state index in [-0.39, 0.29) is 44.7 Å². The van der Waals surface area contributed by atoms with Crippen molar-refractivity contribution in [1.29, 1.82) is 0 Å². The third-order valence-electron chi connectivity index (χ3n) is 6.84. The molecular weight excluding hydrogens is 676 g/mol. The number of amides is 2. The minimum Gasteiger partial charge on any atom is -0.352 e. The molecule has 0 saturated heterocycles. The zero-order valence-corrected chi connectivity index (χ0v) is 28.3. The fraction of sp³-hybridized carbons (Fsp3) is 0.212. The predicted octanol–water partition coefficient (Wildman–Crippen LogP) is 7.66. The van der Waals surface area contributed by atoms with E-state index < -0.39 is 34.4 Å². The van der Waals surface area contributed by atoms with Crippen molar-refractivity contribution in [2.24, 2.45) is 0 Å². The molecule has 2 amide bonds. The third-order valence-corrected chi connectivity index (χ3v) is 10.1. The van der Waals surface area contributed by atoms with Gasteiger partial charge in [-0.15, -0.1) is 0 Å². The van der Waals surface area contributed by atoms with Gasteiger partial charge in [-0.1, -0.05) is 101 Å². The molecule has 0 radical (unpaired) electrons. The number of sulfonamides is 1. The average molecular weight is 708 g/mol. The van der Waals surface area contributed by atoms with Crippen LogP contribution in [0.5, 0.6) is 0 Å². The van der Waals surface area contributed by atoms with E-state index in [4.69, 9.17) is 46.4 Å². The standard InChI is InChI=1S/C33H31Cl4N3O4S/c1-22(2)38-33(42)31(18-23-9-5-3-6-10-23)39(20-24-13-15-27(34)29(36)17-24)32(41)21-40(25-14-16-28(35)30(37)19-25)45(43,44)26-11-7-4-8-12-26/h3-17,19,22,31H,18,20-21H2,1-2H3,(H,38,42). The maximum Gasteiger partial charge on any atom is 0.264 e. The summed E-state index contributed by atoms with van der Waals surface area (Å²) in [5.74, 6) is -1.03. The van der Waals surface area contributed by atoms with E-state index in [1.165, 1.54) is 35.2 Å². The number of carbonyl (C=O) groups is 2. The van der Waals surface area contributed by atoms with Gasteiger partial charge < -0.3 is 10.2 Å². The number of benzene rings is 4. The van der Waals surface area contributed by atoms with E-state index in [2.05, 4.69) is 5.32 Å². The van der Waals surface area contributed by atoms with Crippen molar-refractivity contribution in [2.75, 3.05) is 10.8 Å². The van der Waals surface area contributed by atoms with Crippen LogP contribution in [-0.4, -0.2) is 43.8 Å². The van der Waals surface area contributed by atoms with E-state index in [1.54, 1.807) is 36.4 Å². The maximum absolute atomic E-state index is 14.5. The fourth-order valence-corrected chi connectivity index (χ4v) is 6.70. The second-order valence-electron chi connectivity index (χ2n) is 10.6. The molecule has 1 unspecified atom stereocenters. The van der Waals surface area contributed by atoms with Crippen LogP contribution in [0.3, 0.4) is 0 Å². The van der Waals surface area contributed by atoms with Gasteiger partial charge in [0.15, 0.2) is 0 Å². The molecule has 4 rings (SSSR count). The first-order valence-corrected chi connectivity index (χ1v) is 16.9. The number of halogens is 4. The Morgan fingerprint density at radius 2 is 1.31 bits per heavy atom. The van der Waals surface area contributed by atoms with E-state index in [0.29, 0.717) is 10.6 Å². The Balaban J connectivity index is 1.83. The number of nitrogens with zero attached hydrogens (tertiary/aromatic N) is 2. The molecule has 1 N–H and O–H groups in total. The Kier molecular flexibility index (Phi) is 11.8. The summed E-state index contributed by atoms with van der Waals surface area (Å²) in [6.45, 7) is 2.94. The quantitative estimate of drug-likeness (QED) is 0.164. The van der Waals surface area contributed by atoms with Gasteiger partial charge in [0.05, 0.1) is 30.7 Å². The molecule has 0 saturated carbocycles. The Labute approximate surface area is 283 Å². The molecule has 12 heteroatoms. The van der Waals surface area contributed by atoms with Crippen LogP contribution in [0, 0.1) is 0 Å². The van der Waals surface area contributed by atoms with Crippen LogP contribution in [-0.2, 0) is 32.6 Å². The molecule has 0 aliphatic heterocycles. The summed E-state index contributed by atoms with van der Waals surface area (Å²) in [6, 6.07) is 25.0. The van der Waals surface area contributed by atoms with E-state index in [0.717, 1.165) is 9.87 Å². The van der Waals surface area contributed by atoms with E-state index in [1.807, 2.05) is 44.2 Å². The van der Waals surface area contributed by atoms with Crippen LogP contribution >= 0.6 is 46.4 Å². The number of anilines is 1. The molecule has 236 valence electrons. The van der Waals surface area contributed by atoms with E-state index in [9.17, 15) is 18.0 Å². The fourth-order valence-electron chi connectivity index (χ4n) is 4.66. The summed E-state index contributed by atoms with van der Waals surface area (Å²) in [4.78, 5) is 29.6. The summed E-state index contributed by atoms with van der Waals surface area (Å²) in [5.41, 5.74) is 1.54. The zero-order valence-electron chi connectivity index (χ0n) is 24.5. The second kappa shape index (κ2) is 15.3. The van der Waals surface area contributed by atoms with Crippen LogP contribution in [0.4, 0.5) is 5.69 Å². The molecule has 4 aromatic carbocycles. The van der Waals surface area contributed by atoms with Gasteiger partial charge in [-0.05, 0) is 67.4 Å². The Morgan fingerprint density at radius 3 is 1.89 bits per heavy atom. The molecule has 0 aliphatic carbocycles. The molecule has 0 heterocycles. The monoisotopic (exact) mass is 705 g/mol. The van der Waals surface area contributed by atoms with Crippen molar-refractivity contribution >= 4 is 73.9 Å². The molecule has 0 aliphatic rings. The predicted molar refractivity (Wildman–Crippen MR) is 182 cm³/mol. The lowest BCUT2D eigenvalue weighted by atomic mass is 10.0. The topological polar surface area (TPSA) is 86.8 Å². The van der Waals surface area contributed by atoms with Gasteiger partial charge in [-0.25, -0.2) is 8.42 Å². The lowest BCUT2D eigenvalue weighted by Crippen LogP contribution is -2.54. The van der Waals surface area contributed by atoms with Crippen LogP contribution in [0.15, 0.2) is 102 Å². The summed E-state index contributed by atoms with van der Waals surface area (Å²) in [6.07, 6.45) is 0.171. The van der Waals surface area contributed by atoms with Gasteiger partial charge in [-0.2, -0.15) is 0 Å². The first-order chi connectivity index (χ1) is 21.4.